The van der Waals surface area contributed by atoms with Crippen LogP contribution in [0.15, 0.2) is 23.2 Å². The molecule has 96 valence electrons. The first-order valence-electron chi connectivity index (χ1n) is 4.98. The van der Waals surface area contributed by atoms with Gasteiger partial charge >= 0.3 is 0 Å². The fourth-order valence-corrected chi connectivity index (χ4v) is 3.04. The molecule has 0 fully saturated rings. The second-order valence-electron chi connectivity index (χ2n) is 3.38. The third-order valence-electron chi connectivity index (χ3n) is 2.05. The normalized spacial score (nSPS) is 11.2. The second-order valence-corrected chi connectivity index (χ2v) is 5.81. The number of aromatic nitrogens is 3. The Morgan fingerprint density at radius 3 is 2.78 bits per heavy atom. The number of sulfonamides is 1. The van der Waals surface area contributed by atoms with Crippen molar-refractivity contribution in [3.63, 3.8) is 0 Å². The van der Waals surface area contributed by atoms with E-state index in [0.29, 0.717) is 11.6 Å². The van der Waals surface area contributed by atoms with Crippen LogP contribution in [0, 0.1) is 6.92 Å². The van der Waals surface area contributed by atoms with Gasteiger partial charge in [0.05, 0.1) is 4.90 Å². The van der Waals surface area contributed by atoms with Crippen LogP contribution in [0.3, 0.4) is 0 Å². The lowest BCUT2D eigenvalue weighted by molar-refractivity contribution is 0.601. The predicted octanol–water partition coefficient (Wildman–Crippen LogP) is 1.08. The average Bonchev–Trinajstić information content (AvgIpc) is 2.74. The van der Waals surface area contributed by atoms with Crippen molar-refractivity contribution < 1.29 is 8.42 Å². The molecule has 2 N–H and O–H groups in total. The number of aryl methyl sites for hydroxylation is 1. The third-order valence-corrected chi connectivity index (χ3v) is 4.23. The summed E-state index contributed by atoms with van der Waals surface area (Å²) in [6.45, 7) is 1.69. The van der Waals surface area contributed by atoms with Crippen LogP contribution in [0.4, 0.5) is 10.9 Å². The zero-order valence-corrected chi connectivity index (χ0v) is 11.3. The van der Waals surface area contributed by atoms with Crippen LogP contribution in [-0.2, 0) is 10.0 Å². The molecular formula is C9H11N5O2S2. The van der Waals surface area contributed by atoms with E-state index in [4.69, 9.17) is 0 Å². The maximum atomic E-state index is 12.1. The van der Waals surface area contributed by atoms with Gasteiger partial charge in [-0.15, -0.1) is 0 Å². The fourth-order valence-electron chi connectivity index (χ4n) is 1.23. The van der Waals surface area contributed by atoms with E-state index >= 15 is 0 Å². The minimum absolute atomic E-state index is 0.120. The highest BCUT2D eigenvalue weighted by molar-refractivity contribution is 7.93. The van der Waals surface area contributed by atoms with Gasteiger partial charge in [-0.05, 0) is 13.0 Å². The van der Waals surface area contributed by atoms with E-state index in [0.717, 1.165) is 11.5 Å². The molecule has 18 heavy (non-hydrogen) atoms. The van der Waals surface area contributed by atoms with Gasteiger partial charge in [0, 0.05) is 30.8 Å². The topological polar surface area (TPSA) is 96.9 Å². The van der Waals surface area contributed by atoms with Crippen molar-refractivity contribution in [2.45, 2.75) is 11.8 Å². The third kappa shape index (κ3) is 2.74. The Hall–Kier alpha value is -1.74. The van der Waals surface area contributed by atoms with E-state index in [1.54, 1.807) is 14.0 Å². The Morgan fingerprint density at radius 1 is 1.39 bits per heavy atom. The summed E-state index contributed by atoms with van der Waals surface area (Å²) >= 11 is 0.998. The molecule has 2 aromatic heterocycles. The summed E-state index contributed by atoms with van der Waals surface area (Å²) < 4.78 is 30.4. The van der Waals surface area contributed by atoms with E-state index in [2.05, 4.69) is 24.4 Å². The maximum absolute atomic E-state index is 12.1. The molecular weight excluding hydrogens is 274 g/mol. The molecule has 2 aromatic rings. The Bertz CT molecular complexity index is 652. The molecule has 0 saturated carbocycles. The standard InChI is InChI=1S/C9H11N5O2S2/c1-6-12-9(17-13-6)14-18(15,16)7-3-4-11-8(5-7)10-2/h3-5H,1-2H3,(H,10,11)(H,12,13,14). The summed E-state index contributed by atoms with van der Waals surface area (Å²) in [5.74, 6) is 1.01. The molecule has 9 heteroatoms. The number of hydrogen-bond acceptors (Lipinski definition) is 7. The van der Waals surface area contributed by atoms with Crippen LogP contribution in [0.2, 0.25) is 0 Å². The van der Waals surface area contributed by atoms with Crippen molar-refractivity contribution in [3.8, 4) is 0 Å². The number of anilines is 2. The minimum atomic E-state index is -3.65. The van der Waals surface area contributed by atoms with Gasteiger partial charge in [0.2, 0.25) is 5.13 Å². The Labute approximate surface area is 109 Å². The van der Waals surface area contributed by atoms with Crippen LogP contribution in [-0.4, -0.2) is 29.8 Å². The van der Waals surface area contributed by atoms with Gasteiger partial charge in [0.25, 0.3) is 10.0 Å². The first-order chi connectivity index (χ1) is 8.51. The molecule has 0 radical (unpaired) electrons. The highest BCUT2D eigenvalue weighted by Crippen LogP contribution is 2.18. The van der Waals surface area contributed by atoms with E-state index in [1.807, 2.05) is 0 Å². The minimum Gasteiger partial charge on any atom is -0.373 e. The largest absolute Gasteiger partial charge is 0.373 e. The van der Waals surface area contributed by atoms with Crippen molar-refractivity contribution in [2.75, 3.05) is 17.1 Å². The zero-order chi connectivity index (χ0) is 13.2. The molecule has 7 nitrogen and oxygen atoms in total. The fraction of sp³-hybridized carbons (Fsp3) is 0.222. The van der Waals surface area contributed by atoms with Crippen molar-refractivity contribution >= 4 is 32.5 Å². The maximum Gasteiger partial charge on any atom is 0.263 e. The molecule has 0 aromatic carbocycles. The van der Waals surface area contributed by atoms with E-state index in [-0.39, 0.29) is 10.0 Å². The number of nitrogens with one attached hydrogen (secondary N) is 2. The van der Waals surface area contributed by atoms with Gasteiger partial charge in [-0.2, -0.15) is 4.37 Å². The Morgan fingerprint density at radius 2 is 2.17 bits per heavy atom. The number of nitrogens with zero attached hydrogens (tertiary/aromatic N) is 3. The van der Waals surface area contributed by atoms with Crippen molar-refractivity contribution in [3.05, 3.63) is 24.2 Å². The molecule has 0 aliphatic rings. The van der Waals surface area contributed by atoms with Gasteiger partial charge < -0.3 is 5.32 Å². The summed E-state index contributed by atoms with van der Waals surface area (Å²) in [5.41, 5.74) is 0. The van der Waals surface area contributed by atoms with Gasteiger partial charge in [0.1, 0.15) is 11.6 Å². The summed E-state index contributed by atoms with van der Waals surface area (Å²) in [6.07, 6.45) is 1.42. The second kappa shape index (κ2) is 4.86. The first-order valence-corrected chi connectivity index (χ1v) is 7.24. The van der Waals surface area contributed by atoms with Gasteiger partial charge in [-0.25, -0.2) is 18.4 Å². The molecule has 0 atom stereocenters. The SMILES string of the molecule is CNc1cc(S(=O)(=O)Nc2nc(C)ns2)ccn1. The Kier molecular flexibility index (Phi) is 3.43. The summed E-state index contributed by atoms with van der Waals surface area (Å²) in [5, 5.41) is 3.02. The van der Waals surface area contributed by atoms with Crippen molar-refractivity contribution in [2.24, 2.45) is 0 Å². The molecule has 2 heterocycles. The number of rotatable bonds is 4. The van der Waals surface area contributed by atoms with E-state index in [9.17, 15) is 8.42 Å². The lowest BCUT2D eigenvalue weighted by Crippen LogP contribution is -2.13. The monoisotopic (exact) mass is 285 g/mol. The molecule has 0 spiro atoms. The van der Waals surface area contributed by atoms with Gasteiger partial charge in [-0.1, -0.05) is 0 Å². The van der Waals surface area contributed by atoms with E-state index < -0.39 is 10.0 Å². The lowest BCUT2D eigenvalue weighted by atomic mass is 10.5. The summed E-state index contributed by atoms with van der Waals surface area (Å²) in [4.78, 5) is 8.02. The lowest BCUT2D eigenvalue weighted by Gasteiger charge is -2.05. The average molecular weight is 285 g/mol. The van der Waals surface area contributed by atoms with E-state index in [1.165, 1.54) is 18.3 Å². The number of pyridine rings is 1. The highest BCUT2D eigenvalue weighted by atomic mass is 32.2. The van der Waals surface area contributed by atoms with Crippen LogP contribution < -0.4 is 10.0 Å². The molecule has 2 rings (SSSR count). The summed E-state index contributed by atoms with van der Waals surface area (Å²) in [7, 11) is -1.99. The molecule has 0 aliphatic heterocycles. The molecule has 0 amide bonds. The predicted molar refractivity (Wildman–Crippen MR) is 69.2 cm³/mol. The van der Waals surface area contributed by atoms with Crippen LogP contribution in [0.1, 0.15) is 5.82 Å². The highest BCUT2D eigenvalue weighted by Gasteiger charge is 2.16. The molecule has 0 bridgehead atoms. The quantitative estimate of drug-likeness (QED) is 0.872. The molecule has 0 aliphatic carbocycles. The first kappa shape index (κ1) is 12.7. The zero-order valence-electron chi connectivity index (χ0n) is 9.71. The number of hydrogen-bond donors (Lipinski definition) is 2. The Balaban J connectivity index is 2.30. The van der Waals surface area contributed by atoms with Gasteiger partial charge in [-0.3, -0.25) is 4.72 Å². The smallest absolute Gasteiger partial charge is 0.263 e. The summed E-state index contributed by atoms with van der Waals surface area (Å²) in [6, 6.07) is 2.85. The van der Waals surface area contributed by atoms with Crippen LogP contribution in [0.25, 0.3) is 0 Å². The van der Waals surface area contributed by atoms with Crippen molar-refractivity contribution in [1.29, 1.82) is 0 Å². The van der Waals surface area contributed by atoms with Crippen LogP contribution >= 0.6 is 11.5 Å². The molecule has 0 saturated heterocycles. The van der Waals surface area contributed by atoms with Gasteiger partial charge in [0.15, 0.2) is 0 Å². The van der Waals surface area contributed by atoms with Crippen molar-refractivity contribution in [1.82, 2.24) is 14.3 Å². The van der Waals surface area contributed by atoms with Crippen LogP contribution in [0.5, 0.6) is 0 Å². The molecule has 0 unspecified atom stereocenters.